The largest absolute Gasteiger partial charge is 0.273 e. The molecule has 0 heterocycles. The van der Waals surface area contributed by atoms with Gasteiger partial charge in [0, 0.05) is 6.42 Å². The highest BCUT2D eigenvalue weighted by molar-refractivity contribution is 5.82. The molecule has 1 rings (SSSR count). The summed E-state index contributed by atoms with van der Waals surface area (Å²) in [4.78, 5) is 11.7. The van der Waals surface area contributed by atoms with Gasteiger partial charge in [-0.25, -0.2) is 9.82 Å². The van der Waals surface area contributed by atoms with Crippen molar-refractivity contribution >= 4 is 12.1 Å². The molecule has 0 unspecified atom stereocenters. The van der Waals surface area contributed by atoms with E-state index in [1.807, 2.05) is 0 Å². The number of nitrogens with one attached hydrogen (secondary N) is 1. The van der Waals surface area contributed by atoms with Crippen LogP contribution in [-0.4, -0.2) is 12.1 Å². The van der Waals surface area contributed by atoms with Gasteiger partial charge in [0.2, 0.25) is 5.91 Å². The summed E-state index contributed by atoms with van der Waals surface area (Å²) in [5, 5.41) is 3.90. The summed E-state index contributed by atoms with van der Waals surface area (Å²) in [5.41, 5.74) is 3.29. The maximum absolute atomic E-state index is 12.8. The molecule has 0 atom stereocenters. The van der Waals surface area contributed by atoms with Crippen LogP contribution in [0.15, 0.2) is 29.4 Å². The van der Waals surface area contributed by atoms with Crippen LogP contribution < -0.4 is 5.43 Å². The fraction of sp³-hybridized carbons (Fsp3) is 0.652. The molecular formula is C23H37FN2O. The lowest BCUT2D eigenvalue weighted by Crippen LogP contribution is -2.16. The number of unbranched alkanes of at least 4 members (excludes halogenated alkanes) is 12. The number of rotatable bonds is 16. The van der Waals surface area contributed by atoms with Crippen molar-refractivity contribution < 1.29 is 9.18 Å². The molecule has 1 aromatic carbocycles. The Bertz CT molecular complexity index is 514. The Balaban J connectivity index is 1.87. The van der Waals surface area contributed by atoms with Crippen LogP contribution in [0.2, 0.25) is 0 Å². The molecule has 0 aliphatic rings. The van der Waals surface area contributed by atoms with Gasteiger partial charge in [-0.1, -0.05) is 96.1 Å². The minimum absolute atomic E-state index is 0.0589. The fourth-order valence-electron chi connectivity index (χ4n) is 3.09. The molecule has 0 spiro atoms. The topological polar surface area (TPSA) is 41.5 Å². The summed E-state index contributed by atoms with van der Waals surface area (Å²) in [5.74, 6) is -0.338. The number of hydrogen-bond donors (Lipinski definition) is 1. The fourth-order valence-corrected chi connectivity index (χ4v) is 3.09. The standard InChI is InChI=1S/C23H37FN2O/c1-2-3-4-5-6-7-8-9-10-11-12-13-14-15-23(27)26-25-20-21-16-18-22(24)19-17-21/h16-20H,2-15H2,1H3,(H,26,27). The van der Waals surface area contributed by atoms with E-state index in [-0.39, 0.29) is 11.7 Å². The van der Waals surface area contributed by atoms with Crippen LogP contribution in [0.25, 0.3) is 0 Å². The third-order valence-corrected chi connectivity index (χ3v) is 4.78. The molecule has 0 saturated carbocycles. The molecule has 0 aromatic heterocycles. The predicted octanol–water partition coefficient (Wildman–Crippen LogP) is 6.76. The molecule has 0 aliphatic carbocycles. The minimum atomic E-state index is -0.279. The van der Waals surface area contributed by atoms with Crippen LogP contribution in [0.5, 0.6) is 0 Å². The van der Waals surface area contributed by atoms with Crippen molar-refractivity contribution in [2.75, 3.05) is 0 Å². The van der Waals surface area contributed by atoms with Gasteiger partial charge in [-0.2, -0.15) is 5.10 Å². The smallest absolute Gasteiger partial charge is 0.240 e. The summed E-state index contributed by atoms with van der Waals surface area (Å²) >= 11 is 0. The molecule has 0 fully saturated rings. The van der Waals surface area contributed by atoms with Crippen LogP contribution in [0.4, 0.5) is 4.39 Å². The maximum Gasteiger partial charge on any atom is 0.240 e. The Morgan fingerprint density at radius 2 is 1.33 bits per heavy atom. The van der Waals surface area contributed by atoms with Crippen LogP contribution in [0, 0.1) is 5.82 Å². The second kappa shape index (κ2) is 16.5. The third kappa shape index (κ3) is 14.1. The van der Waals surface area contributed by atoms with Crippen molar-refractivity contribution in [2.45, 2.75) is 96.8 Å². The Hall–Kier alpha value is -1.71. The van der Waals surface area contributed by atoms with Gasteiger partial charge in [0.05, 0.1) is 6.21 Å². The first kappa shape index (κ1) is 23.3. The number of halogens is 1. The average molecular weight is 377 g/mol. The molecule has 1 N–H and O–H groups in total. The Labute approximate surface area is 164 Å². The molecule has 1 aromatic rings. The second-order valence-electron chi connectivity index (χ2n) is 7.34. The van der Waals surface area contributed by atoms with E-state index in [4.69, 9.17) is 0 Å². The predicted molar refractivity (Wildman–Crippen MR) is 112 cm³/mol. The lowest BCUT2D eigenvalue weighted by molar-refractivity contribution is -0.121. The summed E-state index contributed by atoms with van der Waals surface area (Å²) in [6, 6.07) is 5.99. The molecule has 0 radical (unpaired) electrons. The molecule has 152 valence electrons. The molecule has 27 heavy (non-hydrogen) atoms. The van der Waals surface area contributed by atoms with Gasteiger partial charge >= 0.3 is 0 Å². The van der Waals surface area contributed by atoms with Crippen LogP contribution >= 0.6 is 0 Å². The Morgan fingerprint density at radius 1 is 0.852 bits per heavy atom. The van der Waals surface area contributed by atoms with Crippen LogP contribution in [-0.2, 0) is 4.79 Å². The first-order chi connectivity index (χ1) is 13.2. The number of nitrogens with zero attached hydrogens (tertiary/aromatic N) is 1. The normalized spacial score (nSPS) is 11.2. The molecule has 1 amide bonds. The van der Waals surface area contributed by atoms with E-state index in [1.165, 1.54) is 89.0 Å². The van der Waals surface area contributed by atoms with Crippen molar-refractivity contribution in [1.82, 2.24) is 5.43 Å². The van der Waals surface area contributed by atoms with Crippen molar-refractivity contribution in [3.05, 3.63) is 35.6 Å². The number of hydrazone groups is 1. The quantitative estimate of drug-likeness (QED) is 0.193. The molecular weight excluding hydrogens is 339 g/mol. The van der Waals surface area contributed by atoms with E-state index in [9.17, 15) is 9.18 Å². The highest BCUT2D eigenvalue weighted by Gasteiger charge is 1.99. The van der Waals surface area contributed by atoms with E-state index < -0.39 is 0 Å². The lowest BCUT2D eigenvalue weighted by Gasteiger charge is -2.03. The Kier molecular flexibility index (Phi) is 14.2. The number of benzene rings is 1. The van der Waals surface area contributed by atoms with E-state index in [0.29, 0.717) is 6.42 Å². The summed E-state index contributed by atoms with van der Waals surface area (Å²) < 4.78 is 12.8. The second-order valence-corrected chi connectivity index (χ2v) is 7.34. The van der Waals surface area contributed by atoms with E-state index in [1.54, 1.807) is 12.1 Å². The SMILES string of the molecule is CCCCCCCCCCCCCCCC(=O)NN=Cc1ccc(F)cc1. The first-order valence-corrected chi connectivity index (χ1v) is 10.8. The van der Waals surface area contributed by atoms with E-state index in [0.717, 1.165) is 18.4 Å². The monoisotopic (exact) mass is 376 g/mol. The zero-order valence-corrected chi connectivity index (χ0v) is 17.0. The molecule has 3 nitrogen and oxygen atoms in total. The van der Waals surface area contributed by atoms with Gasteiger partial charge in [0.15, 0.2) is 0 Å². The lowest BCUT2D eigenvalue weighted by atomic mass is 10.0. The van der Waals surface area contributed by atoms with Crippen molar-refractivity contribution in [2.24, 2.45) is 5.10 Å². The van der Waals surface area contributed by atoms with Gasteiger partial charge in [-0.3, -0.25) is 4.79 Å². The molecule has 0 aliphatic heterocycles. The maximum atomic E-state index is 12.8. The van der Waals surface area contributed by atoms with Crippen molar-refractivity contribution in [3.63, 3.8) is 0 Å². The number of carbonyl (C=O) groups excluding carboxylic acids is 1. The Morgan fingerprint density at radius 3 is 1.85 bits per heavy atom. The van der Waals surface area contributed by atoms with Gasteiger partial charge < -0.3 is 0 Å². The highest BCUT2D eigenvalue weighted by Crippen LogP contribution is 2.12. The van der Waals surface area contributed by atoms with Crippen molar-refractivity contribution in [1.29, 1.82) is 0 Å². The van der Waals surface area contributed by atoms with Crippen molar-refractivity contribution in [3.8, 4) is 0 Å². The molecule has 0 saturated heterocycles. The summed E-state index contributed by atoms with van der Waals surface area (Å²) in [6.45, 7) is 2.26. The summed E-state index contributed by atoms with van der Waals surface area (Å²) in [6.07, 6.45) is 18.9. The zero-order valence-electron chi connectivity index (χ0n) is 17.0. The van der Waals surface area contributed by atoms with E-state index in [2.05, 4.69) is 17.5 Å². The van der Waals surface area contributed by atoms with E-state index >= 15 is 0 Å². The molecule has 0 bridgehead atoms. The highest BCUT2D eigenvalue weighted by atomic mass is 19.1. The van der Waals surface area contributed by atoms with Gasteiger partial charge in [0.1, 0.15) is 5.82 Å². The van der Waals surface area contributed by atoms with Gasteiger partial charge in [-0.05, 0) is 24.1 Å². The summed E-state index contributed by atoms with van der Waals surface area (Å²) in [7, 11) is 0. The zero-order chi connectivity index (χ0) is 19.6. The van der Waals surface area contributed by atoms with Gasteiger partial charge in [-0.15, -0.1) is 0 Å². The average Bonchev–Trinajstić information content (AvgIpc) is 2.67. The minimum Gasteiger partial charge on any atom is -0.273 e. The van der Waals surface area contributed by atoms with Gasteiger partial charge in [0.25, 0.3) is 0 Å². The van der Waals surface area contributed by atoms with Crippen LogP contribution in [0.3, 0.4) is 0 Å². The number of carbonyl (C=O) groups is 1. The third-order valence-electron chi connectivity index (χ3n) is 4.78. The molecule has 4 heteroatoms. The first-order valence-electron chi connectivity index (χ1n) is 10.8. The number of amides is 1. The van der Waals surface area contributed by atoms with Crippen LogP contribution in [0.1, 0.15) is 102 Å². The number of hydrogen-bond acceptors (Lipinski definition) is 2.